The summed E-state index contributed by atoms with van der Waals surface area (Å²) in [7, 11) is 0. The second-order valence-electron chi connectivity index (χ2n) is 3.39. The Morgan fingerprint density at radius 3 is 2.87 bits per heavy atom. The van der Waals surface area contributed by atoms with Crippen molar-refractivity contribution in [2.24, 2.45) is 0 Å². The fraction of sp³-hybridized carbons (Fsp3) is 0.778. The number of ether oxygens (including phenoxy) is 1. The number of amides is 1. The molecule has 5 nitrogen and oxygen atoms in total. The minimum absolute atomic E-state index is 0.0501. The van der Waals surface area contributed by atoms with Gasteiger partial charge in [-0.15, -0.1) is 11.6 Å². The van der Waals surface area contributed by atoms with Gasteiger partial charge in [-0.2, -0.15) is 0 Å². The number of aliphatic hydroxyl groups excluding tert-OH is 1. The van der Waals surface area contributed by atoms with E-state index in [1.165, 1.54) is 0 Å². The number of alkyl halides is 1. The van der Waals surface area contributed by atoms with E-state index in [0.717, 1.165) is 6.42 Å². The van der Waals surface area contributed by atoms with Crippen molar-refractivity contribution in [1.82, 2.24) is 5.32 Å². The van der Waals surface area contributed by atoms with Crippen molar-refractivity contribution >= 4 is 23.5 Å². The lowest BCUT2D eigenvalue weighted by Crippen LogP contribution is -2.44. The largest absolute Gasteiger partial charge is 0.461 e. The zero-order valence-corrected chi connectivity index (χ0v) is 9.00. The zero-order valence-electron chi connectivity index (χ0n) is 8.24. The highest BCUT2D eigenvalue weighted by Gasteiger charge is 2.36. The predicted molar refractivity (Wildman–Crippen MR) is 53.5 cm³/mol. The van der Waals surface area contributed by atoms with Crippen molar-refractivity contribution in [3.63, 3.8) is 0 Å². The van der Waals surface area contributed by atoms with Crippen LogP contribution in [0.2, 0.25) is 0 Å². The highest BCUT2D eigenvalue weighted by Crippen LogP contribution is 2.08. The summed E-state index contributed by atoms with van der Waals surface area (Å²) in [5.74, 6) is -0.322. The summed E-state index contributed by atoms with van der Waals surface area (Å²) in [6.07, 6.45) is 0.803. The Labute approximate surface area is 92.7 Å². The Balaban J connectivity index is 2.27. The van der Waals surface area contributed by atoms with Crippen LogP contribution in [-0.2, 0) is 14.3 Å². The van der Waals surface area contributed by atoms with Crippen molar-refractivity contribution in [3.05, 3.63) is 0 Å². The van der Waals surface area contributed by atoms with Crippen LogP contribution in [0.25, 0.3) is 0 Å². The van der Waals surface area contributed by atoms with Crippen LogP contribution in [0.4, 0.5) is 0 Å². The van der Waals surface area contributed by atoms with Crippen molar-refractivity contribution in [2.75, 3.05) is 12.5 Å². The Bertz CT molecular complexity index is 246. The molecule has 6 heteroatoms. The molecular formula is C9H14ClNO4. The summed E-state index contributed by atoms with van der Waals surface area (Å²) in [4.78, 5) is 22.3. The quantitative estimate of drug-likeness (QED) is 0.393. The van der Waals surface area contributed by atoms with Gasteiger partial charge in [-0.05, 0) is 12.8 Å². The van der Waals surface area contributed by atoms with Gasteiger partial charge in [0.2, 0.25) is 5.91 Å². The highest BCUT2D eigenvalue weighted by molar-refractivity contribution is 6.17. The molecule has 86 valence electrons. The number of esters is 1. The third-order valence-electron chi connectivity index (χ3n) is 2.14. The van der Waals surface area contributed by atoms with E-state index >= 15 is 0 Å². The van der Waals surface area contributed by atoms with Crippen LogP contribution in [-0.4, -0.2) is 41.6 Å². The molecule has 15 heavy (non-hydrogen) atoms. The van der Waals surface area contributed by atoms with Gasteiger partial charge < -0.3 is 15.2 Å². The number of halogens is 1. The van der Waals surface area contributed by atoms with Crippen molar-refractivity contribution in [2.45, 2.75) is 31.4 Å². The molecule has 0 saturated carbocycles. The second kappa shape index (κ2) is 5.92. The summed E-state index contributed by atoms with van der Waals surface area (Å²) in [6.45, 7) is -0.0501. The molecule has 2 unspecified atom stereocenters. The lowest BCUT2D eigenvalue weighted by Gasteiger charge is -2.11. The average molecular weight is 236 g/mol. The van der Waals surface area contributed by atoms with Crippen LogP contribution in [0.1, 0.15) is 19.3 Å². The first kappa shape index (κ1) is 12.3. The van der Waals surface area contributed by atoms with Crippen LogP contribution < -0.4 is 5.32 Å². The fourth-order valence-electron chi connectivity index (χ4n) is 1.29. The van der Waals surface area contributed by atoms with E-state index in [9.17, 15) is 14.7 Å². The Kier molecular flexibility index (Phi) is 4.84. The van der Waals surface area contributed by atoms with Crippen LogP contribution in [0.15, 0.2) is 0 Å². The van der Waals surface area contributed by atoms with Crippen LogP contribution in [0, 0.1) is 0 Å². The molecule has 1 fully saturated rings. The zero-order chi connectivity index (χ0) is 11.3. The molecule has 0 aliphatic carbocycles. The van der Waals surface area contributed by atoms with Gasteiger partial charge in [0.05, 0.1) is 0 Å². The van der Waals surface area contributed by atoms with Crippen LogP contribution >= 0.6 is 11.6 Å². The van der Waals surface area contributed by atoms with E-state index in [1.807, 2.05) is 0 Å². The number of hydrogen-bond acceptors (Lipinski definition) is 4. The molecule has 1 saturated heterocycles. The summed E-state index contributed by atoms with van der Waals surface area (Å²) in [6, 6.07) is -0.909. The van der Waals surface area contributed by atoms with Gasteiger partial charge in [-0.1, -0.05) is 0 Å². The molecule has 0 spiro atoms. The number of nitrogens with one attached hydrogen (secondary N) is 1. The molecular weight excluding hydrogens is 222 g/mol. The number of carbonyl (C=O) groups excluding carboxylic acids is 2. The van der Waals surface area contributed by atoms with E-state index in [-0.39, 0.29) is 12.5 Å². The first-order valence-corrected chi connectivity index (χ1v) is 5.38. The lowest BCUT2D eigenvalue weighted by molar-refractivity contribution is -0.141. The molecule has 1 aliphatic rings. The SMILES string of the molecule is O=C(CCCCCl)NC1C(=O)OCC1O. The summed E-state index contributed by atoms with van der Waals surface area (Å²) < 4.78 is 4.58. The maximum absolute atomic E-state index is 11.3. The lowest BCUT2D eigenvalue weighted by atomic mass is 10.2. The molecule has 1 rings (SSSR count). The van der Waals surface area contributed by atoms with E-state index < -0.39 is 18.1 Å². The van der Waals surface area contributed by atoms with Gasteiger partial charge in [0.15, 0.2) is 6.04 Å². The predicted octanol–water partition coefficient (Wildman–Crippen LogP) is -0.202. The normalized spacial score (nSPS) is 25.1. The molecule has 0 bridgehead atoms. The topological polar surface area (TPSA) is 75.6 Å². The van der Waals surface area contributed by atoms with E-state index in [4.69, 9.17) is 11.6 Å². The van der Waals surface area contributed by atoms with E-state index in [1.54, 1.807) is 0 Å². The molecule has 0 aromatic carbocycles. The standard InChI is InChI=1S/C9H14ClNO4/c10-4-2-1-3-7(13)11-8-6(12)5-15-9(8)14/h6,8,12H,1-5H2,(H,11,13). The van der Waals surface area contributed by atoms with Crippen LogP contribution in [0.5, 0.6) is 0 Å². The van der Waals surface area contributed by atoms with Gasteiger partial charge in [-0.3, -0.25) is 4.79 Å². The Morgan fingerprint density at radius 1 is 1.60 bits per heavy atom. The van der Waals surface area contributed by atoms with E-state index in [2.05, 4.69) is 10.1 Å². The first-order valence-electron chi connectivity index (χ1n) is 4.85. The highest BCUT2D eigenvalue weighted by atomic mass is 35.5. The summed E-state index contributed by atoms with van der Waals surface area (Å²) >= 11 is 5.46. The third-order valence-corrected chi connectivity index (χ3v) is 2.41. The van der Waals surface area contributed by atoms with Gasteiger partial charge in [0.1, 0.15) is 12.7 Å². The van der Waals surface area contributed by atoms with Crippen molar-refractivity contribution in [1.29, 1.82) is 0 Å². The monoisotopic (exact) mass is 235 g/mol. The molecule has 0 aromatic heterocycles. The fourth-order valence-corrected chi connectivity index (χ4v) is 1.48. The number of cyclic esters (lactones) is 1. The maximum Gasteiger partial charge on any atom is 0.331 e. The number of aliphatic hydroxyl groups is 1. The molecule has 1 amide bonds. The molecule has 1 heterocycles. The number of unbranched alkanes of at least 4 members (excludes halogenated alkanes) is 1. The number of carbonyl (C=O) groups is 2. The minimum Gasteiger partial charge on any atom is -0.461 e. The van der Waals surface area contributed by atoms with Crippen LogP contribution in [0.3, 0.4) is 0 Å². The van der Waals surface area contributed by atoms with Crippen molar-refractivity contribution in [3.8, 4) is 0 Å². The molecule has 0 radical (unpaired) electrons. The maximum atomic E-state index is 11.3. The molecule has 0 aromatic rings. The smallest absolute Gasteiger partial charge is 0.331 e. The molecule has 1 aliphatic heterocycles. The Hall–Kier alpha value is -0.810. The van der Waals surface area contributed by atoms with Gasteiger partial charge in [0.25, 0.3) is 0 Å². The number of hydrogen-bond donors (Lipinski definition) is 2. The second-order valence-corrected chi connectivity index (χ2v) is 3.77. The number of rotatable bonds is 5. The van der Waals surface area contributed by atoms with Gasteiger partial charge in [-0.25, -0.2) is 4.79 Å². The van der Waals surface area contributed by atoms with Gasteiger partial charge in [0, 0.05) is 12.3 Å². The first-order chi connectivity index (χ1) is 7.15. The minimum atomic E-state index is -0.936. The summed E-state index contributed by atoms with van der Waals surface area (Å²) in [5.41, 5.74) is 0. The summed E-state index contributed by atoms with van der Waals surface area (Å²) in [5, 5.41) is 11.7. The average Bonchev–Trinajstić information content (AvgIpc) is 2.50. The Morgan fingerprint density at radius 2 is 2.33 bits per heavy atom. The molecule has 2 N–H and O–H groups in total. The third kappa shape index (κ3) is 3.68. The van der Waals surface area contributed by atoms with Crippen molar-refractivity contribution < 1.29 is 19.4 Å². The molecule has 2 atom stereocenters. The van der Waals surface area contributed by atoms with Gasteiger partial charge >= 0.3 is 5.97 Å². The van der Waals surface area contributed by atoms with E-state index in [0.29, 0.717) is 18.7 Å².